The average Bonchev–Trinajstić information content (AvgIpc) is 2.62. The molecular weight excluding hydrogens is 291 g/mol. The van der Waals surface area contributed by atoms with Crippen LogP contribution in [0.5, 0.6) is 0 Å². The second-order valence-electron chi connectivity index (χ2n) is 5.75. The van der Waals surface area contributed by atoms with E-state index in [-0.39, 0.29) is 17.8 Å². The van der Waals surface area contributed by atoms with Gasteiger partial charge in [-0.25, -0.2) is 4.39 Å². The molecule has 1 saturated heterocycles. The van der Waals surface area contributed by atoms with Crippen molar-refractivity contribution in [1.29, 1.82) is 5.26 Å². The lowest BCUT2D eigenvalue weighted by atomic mass is 9.94. The van der Waals surface area contributed by atoms with Crippen molar-refractivity contribution in [2.75, 3.05) is 6.54 Å². The molecule has 0 N–H and O–H groups in total. The molecule has 0 saturated carbocycles. The van der Waals surface area contributed by atoms with Crippen molar-refractivity contribution in [2.45, 2.75) is 25.3 Å². The van der Waals surface area contributed by atoms with Crippen LogP contribution in [0.3, 0.4) is 0 Å². The highest BCUT2D eigenvalue weighted by Gasteiger charge is 2.28. The number of nitriles is 1. The summed E-state index contributed by atoms with van der Waals surface area (Å²) in [5, 5.41) is 8.85. The molecule has 3 nitrogen and oxygen atoms in total. The van der Waals surface area contributed by atoms with Crippen LogP contribution in [0.25, 0.3) is 0 Å². The highest BCUT2D eigenvalue weighted by Crippen LogP contribution is 2.32. The van der Waals surface area contributed by atoms with Crippen molar-refractivity contribution in [2.24, 2.45) is 0 Å². The Morgan fingerprint density at radius 1 is 1.09 bits per heavy atom. The number of likely N-dealkylation sites (tertiary alicyclic amines) is 1. The molecule has 0 aromatic heterocycles. The van der Waals surface area contributed by atoms with Crippen molar-refractivity contribution < 1.29 is 9.18 Å². The van der Waals surface area contributed by atoms with Gasteiger partial charge in [-0.3, -0.25) is 4.79 Å². The van der Waals surface area contributed by atoms with Crippen LogP contribution in [0.15, 0.2) is 48.5 Å². The molecule has 0 radical (unpaired) electrons. The van der Waals surface area contributed by atoms with Gasteiger partial charge < -0.3 is 4.90 Å². The molecule has 23 heavy (non-hydrogen) atoms. The number of rotatable bonds is 2. The van der Waals surface area contributed by atoms with Gasteiger partial charge in [0, 0.05) is 12.1 Å². The fourth-order valence-corrected chi connectivity index (χ4v) is 3.06. The topological polar surface area (TPSA) is 44.1 Å². The van der Waals surface area contributed by atoms with E-state index in [1.807, 2.05) is 4.90 Å². The summed E-state index contributed by atoms with van der Waals surface area (Å²) >= 11 is 0. The van der Waals surface area contributed by atoms with Crippen molar-refractivity contribution >= 4 is 5.91 Å². The Morgan fingerprint density at radius 3 is 2.43 bits per heavy atom. The maximum Gasteiger partial charge on any atom is 0.254 e. The Bertz CT molecular complexity index is 731. The van der Waals surface area contributed by atoms with Gasteiger partial charge in [-0.15, -0.1) is 0 Å². The first-order valence-electron chi connectivity index (χ1n) is 7.75. The minimum atomic E-state index is -0.269. The van der Waals surface area contributed by atoms with Gasteiger partial charge in [0.15, 0.2) is 0 Å². The van der Waals surface area contributed by atoms with E-state index in [2.05, 4.69) is 6.07 Å². The summed E-state index contributed by atoms with van der Waals surface area (Å²) in [6.45, 7) is 0.695. The molecule has 1 atom stereocenters. The summed E-state index contributed by atoms with van der Waals surface area (Å²) in [4.78, 5) is 14.7. The third-order valence-corrected chi connectivity index (χ3v) is 4.28. The van der Waals surface area contributed by atoms with Crippen LogP contribution in [0, 0.1) is 17.1 Å². The highest BCUT2D eigenvalue weighted by molar-refractivity contribution is 5.94. The molecule has 0 aliphatic carbocycles. The lowest BCUT2D eigenvalue weighted by Gasteiger charge is -2.36. The third-order valence-electron chi connectivity index (χ3n) is 4.28. The number of hydrogen-bond donors (Lipinski definition) is 0. The van der Waals surface area contributed by atoms with Crippen LogP contribution in [-0.2, 0) is 0 Å². The summed E-state index contributed by atoms with van der Waals surface area (Å²) in [7, 11) is 0. The lowest BCUT2D eigenvalue weighted by Crippen LogP contribution is -2.38. The van der Waals surface area contributed by atoms with E-state index in [4.69, 9.17) is 5.26 Å². The number of halogens is 1. The van der Waals surface area contributed by atoms with Gasteiger partial charge in [-0.2, -0.15) is 5.26 Å². The molecule has 2 aromatic rings. The van der Waals surface area contributed by atoms with E-state index in [1.165, 1.54) is 12.1 Å². The van der Waals surface area contributed by atoms with Crippen LogP contribution in [-0.4, -0.2) is 17.4 Å². The normalized spacial score (nSPS) is 17.6. The Morgan fingerprint density at radius 2 is 1.78 bits per heavy atom. The van der Waals surface area contributed by atoms with E-state index in [0.29, 0.717) is 17.7 Å². The summed E-state index contributed by atoms with van der Waals surface area (Å²) < 4.78 is 13.1. The van der Waals surface area contributed by atoms with Gasteiger partial charge in [-0.1, -0.05) is 12.1 Å². The fraction of sp³-hybridized carbons (Fsp3) is 0.263. The van der Waals surface area contributed by atoms with E-state index >= 15 is 0 Å². The third kappa shape index (κ3) is 3.24. The van der Waals surface area contributed by atoms with Gasteiger partial charge in [0.1, 0.15) is 5.82 Å². The standard InChI is InChI=1S/C19H17FN2O/c20-17-10-8-15(9-11-17)18-3-1-2-12-22(18)19(23)16-6-4-14(13-21)5-7-16/h4-11,18H,1-3,12H2/t18-/m0/s1. The van der Waals surface area contributed by atoms with E-state index < -0.39 is 0 Å². The molecule has 4 heteroatoms. The van der Waals surface area contributed by atoms with Crippen molar-refractivity contribution in [3.8, 4) is 6.07 Å². The van der Waals surface area contributed by atoms with Crippen molar-refractivity contribution in [3.05, 3.63) is 71.0 Å². The fourth-order valence-electron chi connectivity index (χ4n) is 3.06. The van der Waals surface area contributed by atoms with Crippen LogP contribution < -0.4 is 0 Å². The van der Waals surface area contributed by atoms with Gasteiger partial charge in [-0.05, 0) is 61.2 Å². The predicted octanol–water partition coefficient (Wildman–Crippen LogP) is 4.06. The zero-order chi connectivity index (χ0) is 16.2. The number of nitrogens with zero attached hydrogens (tertiary/aromatic N) is 2. The molecule has 1 amide bonds. The van der Waals surface area contributed by atoms with E-state index in [9.17, 15) is 9.18 Å². The Labute approximate surface area is 135 Å². The summed E-state index contributed by atoms with van der Waals surface area (Å²) in [5.74, 6) is -0.307. The molecule has 0 spiro atoms. The number of amides is 1. The van der Waals surface area contributed by atoms with E-state index in [1.54, 1.807) is 36.4 Å². The smallest absolute Gasteiger partial charge is 0.254 e. The number of carbonyl (C=O) groups excluding carboxylic acids is 1. The molecule has 0 unspecified atom stereocenters. The second kappa shape index (κ2) is 6.62. The summed E-state index contributed by atoms with van der Waals surface area (Å²) in [5.41, 5.74) is 2.08. The number of benzene rings is 2. The summed E-state index contributed by atoms with van der Waals surface area (Å²) in [6, 6.07) is 15.1. The molecule has 3 rings (SSSR count). The van der Waals surface area contributed by atoms with Crippen LogP contribution in [0.2, 0.25) is 0 Å². The second-order valence-corrected chi connectivity index (χ2v) is 5.75. The van der Waals surface area contributed by atoms with Gasteiger partial charge in [0.2, 0.25) is 0 Å². The number of carbonyl (C=O) groups is 1. The Hall–Kier alpha value is -2.67. The molecule has 1 heterocycles. The molecular formula is C19H17FN2O. The predicted molar refractivity (Wildman–Crippen MR) is 85.2 cm³/mol. The maximum absolute atomic E-state index is 13.1. The van der Waals surface area contributed by atoms with Crippen LogP contribution in [0.1, 0.15) is 46.8 Å². The monoisotopic (exact) mass is 308 g/mol. The minimum absolute atomic E-state index is 0.0208. The van der Waals surface area contributed by atoms with Crippen LogP contribution in [0.4, 0.5) is 4.39 Å². The van der Waals surface area contributed by atoms with Gasteiger partial charge in [0.05, 0.1) is 17.7 Å². The first-order valence-corrected chi connectivity index (χ1v) is 7.75. The first-order chi connectivity index (χ1) is 11.2. The van der Waals surface area contributed by atoms with Crippen LogP contribution >= 0.6 is 0 Å². The molecule has 1 aliphatic rings. The van der Waals surface area contributed by atoms with E-state index in [0.717, 1.165) is 24.8 Å². The number of piperidine rings is 1. The van der Waals surface area contributed by atoms with Gasteiger partial charge >= 0.3 is 0 Å². The van der Waals surface area contributed by atoms with Crippen molar-refractivity contribution in [1.82, 2.24) is 4.90 Å². The first kappa shape index (κ1) is 15.2. The maximum atomic E-state index is 13.1. The van der Waals surface area contributed by atoms with Gasteiger partial charge in [0.25, 0.3) is 5.91 Å². The number of hydrogen-bond acceptors (Lipinski definition) is 2. The molecule has 1 aliphatic heterocycles. The zero-order valence-electron chi connectivity index (χ0n) is 12.7. The van der Waals surface area contributed by atoms with Crippen molar-refractivity contribution in [3.63, 3.8) is 0 Å². The summed E-state index contributed by atoms with van der Waals surface area (Å²) in [6.07, 6.45) is 2.91. The quantitative estimate of drug-likeness (QED) is 0.839. The lowest BCUT2D eigenvalue weighted by molar-refractivity contribution is 0.0611. The zero-order valence-corrected chi connectivity index (χ0v) is 12.7. The SMILES string of the molecule is N#Cc1ccc(C(=O)N2CCCC[C@H]2c2ccc(F)cc2)cc1. The molecule has 116 valence electrons. The average molecular weight is 308 g/mol. The molecule has 2 aromatic carbocycles. The molecule has 0 bridgehead atoms. The minimum Gasteiger partial charge on any atom is -0.332 e. The largest absolute Gasteiger partial charge is 0.332 e. The Kier molecular flexibility index (Phi) is 4.38. The Balaban J connectivity index is 1.86. The molecule has 1 fully saturated rings. The highest BCUT2D eigenvalue weighted by atomic mass is 19.1.